The minimum absolute atomic E-state index is 0.00855. The molecule has 0 spiro atoms. The van der Waals surface area contributed by atoms with Crippen molar-refractivity contribution >= 4 is 5.78 Å². The molecule has 1 fully saturated rings. The number of methoxy groups -OCH3 is 1. The first-order valence-corrected chi connectivity index (χ1v) is 13.6. The second kappa shape index (κ2) is 13.3. The Labute approximate surface area is 227 Å². The van der Waals surface area contributed by atoms with E-state index in [1.54, 1.807) is 26.2 Å². The zero-order valence-electron chi connectivity index (χ0n) is 22.6. The molecular formula is C33H38N2O3. The lowest BCUT2D eigenvalue weighted by atomic mass is 9.69. The number of hydrogen-bond donors (Lipinski definition) is 0. The van der Waals surface area contributed by atoms with Gasteiger partial charge >= 0.3 is 0 Å². The Morgan fingerprint density at radius 3 is 2.29 bits per heavy atom. The van der Waals surface area contributed by atoms with Gasteiger partial charge < -0.3 is 14.4 Å². The van der Waals surface area contributed by atoms with E-state index in [-0.39, 0.29) is 5.78 Å². The number of rotatable bonds is 12. The van der Waals surface area contributed by atoms with E-state index in [9.17, 15) is 10.1 Å². The third kappa shape index (κ3) is 6.62. The molecule has 5 heteroatoms. The minimum atomic E-state index is -0.638. The molecule has 1 saturated heterocycles. The van der Waals surface area contributed by atoms with Crippen molar-refractivity contribution in [2.45, 2.75) is 44.4 Å². The number of hydrogen-bond acceptors (Lipinski definition) is 5. The van der Waals surface area contributed by atoms with Gasteiger partial charge in [0.15, 0.2) is 17.3 Å². The standard InChI is InChI=1S/C33H38N2O3/c1-26(36)28-17-18-31(32(22-28)37-2)38-21-10-9-19-35-20-11-12-27(24-35)23-33(25-34,29-13-5-3-6-14-29)30-15-7-4-8-16-30/h3-8,13-18,22,27H,9-12,19-21,23-24H2,1-2H3. The highest BCUT2D eigenvalue weighted by atomic mass is 16.5. The fourth-order valence-electron chi connectivity index (χ4n) is 5.60. The van der Waals surface area contributed by atoms with Crippen LogP contribution in [0.4, 0.5) is 0 Å². The van der Waals surface area contributed by atoms with Crippen LogP contribution in [0.1, 0.15) is 60.5 Å². The molecule has 0 bridgehead atoms. The number of ketones is 1. The Bertz CT molecular complexity index is 1180. The van der Waals surface area contributed by atoms with Crippen LogP contribution in [-0.2, 0) is 5.41 Å². The van der Waals surface area contributed by atoms with Crippen molar-refractivity contribution in [1.82, 2.24) is 4.90 Å². The van der Waals surface area contributed by atoms with Crippen LogP contribution < -0.4 is 9.47 Å². The number of nitriles is 1. The molecule has 3 aromatic rings. The van der Waals surface area contributed by atoms with Gasteiger partial charge in [-0.2, -0.15) is 5.26 Å². The van der Waals surface area contributed by atoms with Crippen LogP contribution >= 0.6 is 0 Å². The average Bonchev–Trinajstić information content (AvgIpc) is 2.97. The van der Waals surface area contributed by atoms with Crippen molar-refractivity contribution in [2.75, 3.05) is 33.4 Å². The van der Waals surface area contributed by atoms with Gasteiger partial charge in [-0.3, -0.25) is 4.79 Å². The number of Topliss-reactive ketones (excluding diaryl/α,β-unsaturated/α-hetero) is 1. The van der Waals surface area contributed by atoms with Crippen LogP contribution in [0.2, 0.25) is 0 Å². The largest absolute Gasteiger partial charge is 0.493 e. The van der Waals surface area contributed by atoms with Crippen LogP contribution in [0.5, 0.6) is 11.5 Å². The number of carbonyl (C=O) groups excluding carboxylic acids is 1. The molecule has 1 aliphatic rings. The van der Waals surface area contributed by atoms with Gasteiger partial charge in [0.1, 0.15) is 5.41 Å². The van der Waals surface area contributed by atoms with E-state index < -0.39 is 5.41 Å². The van der Waals surface area contributed by atoms with Crippen molar-refractivity contribution in [3.63, 3.8) is 0 Å². The molecule has 1 heterocycles. The molecule has 1 aliphatic heterocycles. The summed E-state index contributed by atoms with van der Waals surface area (Å²) in [6, 6.07) is 28.6. The lowest BCUT2D eigenvalue weighted by Gasteiger charge is -2.38. The molecule has 0 radical (unpaired) electrons. The van der Waals surface area contributed by atoms with E-state index >= 15 is 0 Å². The monoisotopic (exact) mass is 510 g/mol. The number of nitrogens with zero attached hydrogens (tertiary/aromatic N) is 2. The molecule has 4 rings (SSSR count). The first kappa shape index (κ1) is 27.4. The molecule has 0 N–H and O–H groups in total. The molecule has 198 valence electrons. The maximum absolute atomic E-state index is 11.6. The third-order valence-corrected chi connectivity index (χ3v) is 7.62. The fourth-order valence-corrected chi connectivity index (χ4v) is 5.60. The molecule has 5 nitrogen and oxygen atoms in total. The Morgan fingerprint density at radius 2 is 1.68 bits per heavy atom. The molecule has 0 aliphatic carbocycles. The fraction of sp³-hybridized carbons (Fsp3) is 0.394. The summed E-state index contributed by atoms with van der Waals surface area (Å²) in [5.41, 5.74) is 2.14. The Balaban J connectivity index is 1.32. The summed E-state index contributed by atoms with van der Waals surface area (Å²) in [5, 5.41) is 10.6. The predicted octanol–water partition coefficient (Wildman–Crippen LogP) is 6.67. The maximum Gasteiger partial charge on any atom is 0.161 e. The van der Waals surface area contributed by atoms with Crippen LogP contribution in [0.25, 0.3) is 0 Å². The summed E-state index contributed by atoms with van der Waals surface area (Å²) in [6.07, 6.45) is 5.12. The lowest BCUT2D eigenvalue weighted by molar-refractivity contribution is 0.101. The SMILES string of the molecule is COc1cc(C(C)=O)ccc1OCCCCN1CCCC(CC(C#N)(c2ccccc2)c2ccccc2)C1. The van der Waals surface area contributed by atoms with Crippen LogP contribution in [-0.4, -0.2) is 44.0 Å². The highest BCUT2D eigenvalue weighted by molar-refractivity contribution is 5.94. The molecule has 3 aromatic carbocycles. The first-order valence-electron chi connectivity index (χ1n) is 13.6. The van der Waals surface area contributed by atoms with Gasteiger partial charge in [-0.25, -0.2) is 0 Å². The molecule has 38 heavy (non-hydrogen) atoms. The number of piperidine rings is 1. The lowest BCUT2D eigenvalue weighted by Crippen LogP contribution is -2.39. The summed E-state index contributed by atoms with van der Waals surface area (Å²) < 4.78 is 11.4. The van der Waals surface area contributed by atoms with E-state index in [1.807, 2.05) is 42.5 Å². The van der Waals surface area contributed by atoms with Gasteiger partial charge in [0, 0.05) is 12.1 Å². The first-order chi connectivity index (χ1) is 18.6. The topological polar surface area (TPSA) is 62.6 Å². The van der Waals surface area contributed by atoms with E-state index in [0.717, 1.165) is 62.9 Å². The van der Waals surface area contributed by atoms with E-state index in [0.29, 0.717) is 29.6 Å². The highest BCUT2D eigenvalue weighted by Gasteiger charge is 2.38. The Morgan fingerprint density at radius 1 is 1.00 bits per heavy atom. The van der Waals surface area contributed by atoms with Gasteiger partial charge in [0.05, 0.1) is 19.8 Å². The van der Waals surface area contributed by atoms with Crippen LogP contribution in [0, 0.1) is 17.2 Å². The average molecular weight is 511 g/mol. The summed E-state index contributed by atoms with van der Waals surface area (Å²) >= 11 is 0. The van der Waals surface area contributed by atoms with Crippen molar-refractivity contribution in [3.8, 4) is 17.6 Å². The molecule has 0 amide bonds. The highest BCUT2D eigenvalue weighted by Crippen LogP contribution is 2.40. The zero-order valence-corrected chi connectivity index (χ0v) is 22.6. The number of benzene rings is 3. The number of likely N-dealkylation sites (tertiary alicyclic amines) is 1. The summed E-state index contributed by atoms with van der Waals surface area (Å²) in [7, 11) is 1.59. The number of unbranched alkanes of at least 4 members (excludes halogenated alkanes) is 1. The normalized spacial score (nSPS) is 16.0. The molecule has 0 aromatic heterocycles. The zero-order chi connectivity index (χ0) is 26.8. The predicted molar refractivity (Wildman–Crippen MR) is 151 cm³/mol. The van der Waals surface area contributed by atoms with Gasteiger partial charge in [-0.05, 0) is 87.4 Å². The van der Waals surface area contributed by atoms with Gasteiger partial charge in [0.25, 0.3) is 0 Å². The van der Waals surface area contributed by atoms with Crippen molar-refractivity contribution < 1.29 is 14.3 Å². The van der Waals surface area contributed by atoms with Crippen molar-refractivity contribution in [1.29, 1.82) is 5.26 Å². The molecule has 0 saturated carbocycles. The minimum Gasteiger partial charge on any atom is -0.493 e. The summed E-state index contributed by atoms with van der Waals surface area (Å²) in [5.74, 6) is 1.73. The Kier molecular flexibility index (Phi) is 9.56. The number of ether oxygens (including phenoxy) is 2. The van der Waals surface area contributed by atoms with E-state index in [2.05, 4.69) is 35.2 Å². The van der Waals surface area contributed by atoms with E-state index in [1.165, 1.54) is 0 Å². The van der Waals surface area contributed by atoms with Crippen molar-refractivity contribution in [2.24, 2.45) is 5.92 Å². The maximum atomic E-state index is 11.6. The summed E-state index contributed by atoms with van der Waals surface area (Å²) in [6.45, 7) is 5.30. The van der Waals surface area contributed by atoms with E-state index in [4.69, 9.17) is 9.47 Å². The van der Waals surface area contributed by atoms with Crippen molar-refractivity contribution in [3.05, 3.63) is 95.6 Å². The van der Waals surface area contributed by atoms with Crippen LogP contribution in [0.15, 0.2) is 78.9 Å². The van der Waals surface area contributed by atoms with Gasteiger partial charge in [0.2, 0.25) is 0 Å². The molecule has 1 unspecified atom stereocenters. The molecule has 1 atom stereocenters. The smallest absolute Gasteiger partial charge is 0.161 e. The molecular weight excluding hydrogens is 472 g/mol. The second-order valence-corrected chi connectivity index (χ2v) is 10.2. The Hall–Kier alpha value is -3.62. The van der Waals surface area contributed by atoms with Gasteiger partial charge in [-0.15, -0.1) is 0 Å². The number of carbonyl (C=O) groups is 1. The second-order valence-electron chi connectivity index (χ2n) is 10.2. The summed E-state index contributed by atoms with van der Waals surface area (Å²) in [4.78, 5) is 14.2. The van der Waals surface area contributed by atoms with Crippen LogP contribution in [0.3, 0.4) is 0 Å². The quantitative estimate of drug-likeness (QED) is 0.201. The third-order valence-electron chi connectivity index (χ3n) is 7.62. The van der Waals surface area contributed by atoms with Gasteiger partial charge in [-0.1, -0.05) is 60.7 Å².